The normalized spacial score (nSPS) is 19.3. The van der Waals surface area contributed by atoms with Crippen molar-refractivity contribution in [1.29, 1.82) is 0 Å². The lowest BCUT2D eigenvalue weighted by Gasteiger charge is -2.23. The molecule has 1 saturated heterocycles. The molecule has 3 rings (SSSR count). The van der Waals surface area contributed by atoms with Crippen molar-refractivity contribution in [3.8, 4) is 10.4 Å². The van der Waals surface area contributed by atoms with E-state index in [-0.39, 0.29) is 0 Å². The van der Waals surface area contributed by atoms with Gasteiger partial charge in [0.25, 0.3) is 0 Å². The van der Waals surface area contributed by atoms with Crippen LogP contribution in [0.3, 0.4) is 0 Å². The van der Waals surface area contributed by atoms with Crippen molar-refractivity contribution in [3.05, 3.63) is 41.8 Å². The third-order valence-corrected chi connectivity index (χ3v) is 4.45. The highest BCUT2D eigenvalue weighted by Gasteiger charge is 2.14. The molecule has 1 aliphatic heterocycles. The van der Waals surface area contributed by atoms with Gasteiger partial charge in [0, 0.05) is 29.3 Å². The number of benzene rings is 1. The van der Waals surface area contributed by atoms with Gasteiger partial charge in [0.1, 0.15) is 0 Å². The Kier molecular flexibility index (Phi) is 4.16. The van der Waals surface area contributed by atoms with Crippen LogP contribution >= 0.6 is 11.3 Å². The number of nitrogens with one attached hydrogen (secondary N) is 1. The molecule has 19 heavy (non-hydrogen) atoms. The van der Waals surface area contributed by atoms with Crippen LogP contribution in [0.5, 0.6) is 0 Å². The maximum absolute atomic E-state index is 5.54. The molecule has 1 atom stereocenters. The molecule has 2 nitrogen and oxygen atoms in total. The number of hydrogen-bond donors (Lipinski definition) is 1. The summed E-state index contributed by atoms with van der Waals surface area (Å²) < 4.78 is 5.54. The van der Waals surface area contributed by atoms with E-state index in [1.54, 1.807) is 11.3 Å². The van der Waals surface area contributed by atoms with E-state index in [0.717, 1.165) is 19.8 Å². The smallest absolute Gasteiger partial charge is 0.0511 e. The minimum absolute atomic E-state index is 0.644. The topological polar surface area (TPSA) is 21.3 Å². The van der Waals surface area contributed by atoms with Crippen LogP contribution in [0.2, 0.25) is 0 Å². The summed E-state index contributed by atoms with van der Waals surface area (Å²) in [4.78, 5) is 1.32. The number of thiophene rings is 1. The number of anilines is 1. The highest BCUT2D eigenvalue weighted by atomic mass is 32.1. The van der Waals surface area contributed by atoms with Gasteiger partial charge in [0.05, 0.1) is 6.61 Å². The first-order chi connectivity index (χ1) is 9.43. The summed E-state index contributed by atoms with van der Waals surface area (Å²) in [6.45, 7) is 2.83. The van der Waals surface area contributed by atoms with Gasteiger partial charge in [0.2, 0.25) is 0 Å². The van der Waals surface area contributed by atoms with Gasteiger partial charge >= 0.3 is 0 Å². The molecule has 1 aromatic carbocycles. The largest absolute Gasteiger partial charge is 0.384 e. The zero-order chi connectivity index (χ0) is 12.9. The second-order valence-corrected chi connectivity index (χ2v) is 5.93. The molecule has 0 amide bonds. The first-order valence-electron chi connectivity index (χ1n) is 6.88. The molecule has 0 spiro atoms. The van der Waals surface area contributed by atoms with E-state index in [0.29, 0.717) is 5.92 Å². The van der Waals surface area contributed by atoms with Gasteiger partial charge in [-0.25, -0.2) is 0 Å². The minimum atomic E-state index is 0.644. The van der Waals surface area contributed by atoms with Crippen molar-refractivity contribution in [1.82, 2.24) is 0 Å². The van der Waals surface area contributed by atoms with Gasteiger partial charge in [-0.3, -0.25) is 0 Å². The molecular formula is C16H19NOS. The van der Waals surface area contributed by atoms with Crippen molar-refractivity contribution >= 4 is 17.0 Å². The van der Waals surface area contributed by atoms with E-state index >= 15 is 0 Å². The Morgan fingerprint density at radius 2 is 2.16 bits per heavy atom. The quantitative estimate of drug-likeness (QED) is 0.899. The maximum atomic E-state index is 5.54. The summed E-state index contributed by atoms with van der Waals surface area (Å²) in [6, 6.07) is 12.8. The van der Waals surface area contributed by atoms with Gasteiger partial charge in [-0.1, -0.05) is 24.3 Å². The first-order valence-corrected chi connectivity index (χ1v) is 7.76. The third-order valence-electron chi connectivity index (χ3n) is 3.55. The van der Waals surface area contributed by atoms with E-state index in [9.17, 15) is 0 Å². The summed E-state index contributed by atoms with van der Waals surface area (Å²) in [7, 11) is 0. The van der Waals surface area contributed by atoms with Crippen LogP contribution in [0.15, 0.2) is 41.8 Å². The zero-order valence-electron chi connectivity index (χ0n) is 11.0. The molecule has 1 fully saturated rings. The molecule has 1 unspecified atom stereocenters. The average molecular weight is 273 g/mol. The Morgan fingerprint density at radius 3 is 2.95 bits per heavy atom. The summed E-state index contributed by atoms with van der Waals surface area (Å²) in [5, 5.41) is 5.72. The highest BCUT2D eigenvalue weighted by Crippen LogP contribution is 2.31. The fourth-order valence-electron chi connectivity index (χ4n) is 2.51. The van der Waals surface area contributed by atoms with E-state index in [1.165, 1.54) is 29.0 Å². The van der Waals surface area contributed by atoms with Crippen LogP contribution in [0, 0.1) is 5.92 Å². The Labute approximate surface area is 118 Å². The average Bonchev–Trinajstić information content (AvgIpc) is 3.01. The highest BCUT2D eigenvalue weighted by molar-refractivity contribution is 7.13. The summed E-state index contributed by atoms with van der Waals surface area (Å²) in [6.07, 6.45) is 2.47. The minimum Gasteiger partial charge on any atom is -0.384 e. The van der Waals surface area contributed by atoms with E-state index in [4.69, 9.17) is 4.74 Å². The van der Waals surface area contributed by atoms with Crippen molar-refractivity contribution in [3.63, 3.8) is 0 Å². The molecule has 1 aromatic heterocycles. The predicted octanol–water partition coefficient (Wildman–Crippen LogP) is 4.25. The van der Waals surface area contributed by atoms with Crippen LogP contribution < -0.4 is 5.32 Å². The van der Waals surface area contributed by atoms with Gasteiger partial charge < -0.3 is 10.1 Å². The van der Waals surface area contributed by atoms with Crippen LogP contribution in [-0.2, 0) is 4.74 Å². The Morgan fingerprint density at radius 1 is 1.21 bits per heavy atom. The van der Waals surface area contributed by atoms with Gasteiger partial charge in [-0.05, 0) is 36.3 Å². The van der Waals surface area contributed by atoms with E-state index in [1.807, 2.05) is 0 Å². The fourth-order valence-corrected chi connectivity index (χ4v) is 3.27. The molecule has 1 N–H and O–H groups in total. The van der Waals surface area contributed by atoms with Crippen molar-refractivity contribution in [2.45, 2.75) is 12.8 Å². The van der Waals surface area contributed by atoms with E-state index < -0.39 is 0 Å². The van der Waals surface area contributed by atoms with Crippen LogP contribution in [0.4, 0.5) is 5.69 Å². The number of ether oxygens (including phenoxy) is 1. The van der Waals surface area contributed by atoms with Crippen molar-refractivity contribution in [2.75, 3.05) is 25.1 Å². The molecule has 0 radical (unpaired) electrons. The van der Waals surface area contributed by atoms with Crippen LogP contribution in [0.25, 0.3) is 10.4 Å². The van der Waals surface area contributed by atoms with Crippen LogP contribution in [0.1, 0.15) is 12.8 Å². The van der Waals surface area contributed by atoms with Crippen molar-refractivity contribution in [2.24, 2.45) is 5.92 Å². The predicted molar refractivity (Wildman–Crippen MR) is 81.8 cm³/mol. The van der Waals surface area contributed by atoms with Gasteiger partial charge in [-0.2, -0.15) is 0 Å². The summed E-state index contributed by atoms with van der Waals surface area (Å²) in [5.41, 5.74) is 2.53. The molecule has 100 valence electrons. The zero-order valence-corrected chi connectivity index (χ0v) is 11.8. The second kappa shape index (κ2) is 6.22. The van der Waals surface area contributed by atoms with E-state index in [2.05, 4.69) is 47.1 Å². The van der Waals surface area contributed by atoms with Gasteiger partial charge in [-0.15, -0.1) is 11.3 Å². The standard InChI is InChI=1S/C16H19NOS/c1-2-7-15(14(6-1)16-8-4-10-19-16)17-11-13-5-3-9-18-12-13/h1-2,4,6-8,10,13,17H,3,5,9,11-12H2. The summed E-state index contributed by atoms with van der Waals surface area (Å²) in [5.74, 6) is 0.644. The summed E-state index contributed by atoms with van der Waals surface area (Å²) >= 11 is 1.79. The lowest BCUT2D eigenvalue weighted by atomic mass is 10.0. The molecule has 2 aromatic rings. The number of hydrogen-bond acceptors (Lipinski definition) is 3. The molecule has 2 heterocycles. The molecule has 0 saturated carbocycles. The third kappa shape index (κ3) is 3.17. The number of rotatable bonds is 4. The number of para-hydroxylation sites is 1. The maximum Gasteiger partial charge on any atom is 0.0511 e. The van der Waals surface area contributed by atoms with Crippen molar-refractivity contribution < 1.29 is 4.74 Å². The lowest BCUT2D eigenvalue weighted by Crippen LogP contribution is -2.24. The van der Waals surface area contributed by atoms with Crippen LogP contribution in [-0.4, -0.2) is 19.8 Å². The molecular weight excluding hydrogens is 254 g/mol. The first kappa shape index (κ1) is 12.7. The Bertz CT molecular complexity index is 503. The lowest BCUT2D eigenvalue weighted by molar-refractivity contribution is 0.0595. The SMILES string of the molecule is c1csc(-c2ccccc2NCC2CCCOC2)c1. The molecule has 0 bridgehead atoms. The Balaban J connectivity index is 1.70. The molecule has 3 heteroatoms. The molecule has 1 aliphatic rings. The fraction of sp³-hybridized carbons (Fsp3) is 0.375. The molecule has 0 aliphatic carbocycles. The Hall–Kier alpha value is -1.32. The van der Waals surface area contributed by atoms with Gasteiger partial charge in [0.15, 0.2) is 0 Å². The second-order valence-electron chi connectivity index (χ2n) is 4.99. The monoisotopic (exact) mass is 273 g/mol.